The summed E-state index contributed by atoms with van der Waals surface area (Å²) in [4.78, 5) is 4.21. The second kappa shape index (κ2) is 7.64. The van der Waals surface area contributed by atoms with Gasteiger partial charge in [-0.2, -0.15) is 0 Å². The first-order valence-electron chi connectivity index (χ1n) is 7.16. The molecule has 0 aliphatic carbocycles. The van der Waals surface area contributed by atoms with Gasteiger partial charge in [0.25, 0.3) is 0 Å². The van der Waals surface area contributed by atoms with Crippen molar-refractivity contribution < 1.29 is 4.79 Å². The summed E-state index contributed by atoms with van der Waals surface area (Å²) in [5.41, 5.74) is 0. The number of nitrogens with one attached hydrogen (secondary N) is 1. The van der Waals surface area contributed by atoms with Gasteiger partial charge in [0.05, 0.1) is 5.11 Å². The van der Waals surface area contributed by atoms with Crippen molar-refractivity contribution in [2.75, 3.05) is 0 Å². The highest BCUT2D eigenvalue weighted by atomic mass is 15.3. The lowest BCUT2D eigenvalue weighted by Crippen LogP contribution is -2.31. The number of nitrogens with zero attached hydrogens (tertiary/aromatic N) is 4. The van der Waals surface area contributed by atoms with Gasteiger partial charge < -0.3 is 5.32 Å². The topological polar surface area (TPSA) is 63.2 Å². The molecule has 0 aromatic heterocycles. The van der Waals surface area contributed by atoms with Crippen LogP contribution in [0.25, 0.3) is 0 Å². The predicted molar refractivity (Wildman–Crippen MR) is 74.9 cm³/mol. The Morgan fingerprint density at radius 3 is 3.05 bits per heavy atom. The fraction of sp³-hybridized carbons (Fsp3) is 0.643. The maximum Gasteiger partial charge on any atom is 0.471 e. The largest absolute Gasteiger partial charge is 0.471 e. The third kappa shape index (κ3) is 4.45. The van der Waals surface area contributed by atoms with Gasteiger partial charge >= 0.3 is 5.84 Å². The predicted octanol–water partition coefficient (Wildman–Crippen LogP) is 3.24. The molecule has 0 fully saturated rings. The number of rotatable bonds is 6. The first-order chi connectivity index (χ1) is 9.40. The maximum absolute atomic E-state index is 4.24. The van der Waals surface area contributed by atoms with E-state index in [0.717, 1.165) is 19.3 Å². The Balaban J connectivity index is 1.86. The minimum atomic E-state index is -0.0779. The molecule has 102 valence electrons. The Bertz CT molecular complexity index is 429. The summed E-state index contributed by atoms with van der Waals surface area (Å²) in [7, 11) is 0. The van der Waals surface area contributed by atoms with Crippen LogP contribution < -0.4 is 5.32 Å². The smallest absolute Gasteiger partial charge is 0.373 e. The second-order valence-electron chi connectivity index (χ2n) is 4.83. The lowest BCUT2D eigenvalue weighted by Gasteiger charge is -2.04. The number of unbranched alkanes of at least 4 members (excludes halogenated alkanes) is 3. The Morgan fingerprint density at radius 2 is 2.26 bits per heavy atom. The Labute approximate surface area is 114 Å². The molecule has 1 N–H and O–H groups in total. The van der Waals surface area contributed by atoms with E-state index in [1.165, 1.54) is 19.3 Å². The van der Waals surface area contributed by atoms with E-state index in [1.54, 1.807) is 0 Å². The van der Waals surface area contributed by atoms with Crippen LogP contribution in [0.5, 0.6) is 0 Å². The van der Waals surface area contributed by atoms with E-state index in [4.69, 9.17) is 0 Å². The molecule has 2 unspecified atom stereocenters. The summed E-state index contributed by atoms with van der Waals surface area (Å²) in [6.07, 6.45) is 14.9. The summed E-state index contributed by atoms with van der Waals surface area (Å²) in [5, 5.41) is 15.9. The van der Waals surface area contributed by atoms with Gasteiger partial charge in [-0.25, -0.2) is 0 Å². The summed E-state index contributed by atoms with van der Waals surface area (Å²) < 4.78 is 0. The van der Waals surface area contributed by atoms with Crippen molar-refractivity contribution in [3.05, 3.63) is 24.4 Å². The van der Waals surface area contributed by atoms with Crippen LogP contribution in [0.4, 0.5) is 0 Å². The summed E-state index contributed by atoms with van der Waals surface area (Å²) >= 11 is 0. The zero-order valence-corrected chi connectivity index (χ0v) is 11.5. The van der Waals surface area contributed by atoms with E-state index < -0.39 is 0 Å². The average Bonchev–Trinajstić information content (AvgIpc) is 2.73. The Hall–Kier alpha value is -1.74. The number of hydrogen-bond acceptors (Lipinski definition) is 4. The molecule has 2 atom stereocenters. The van der Waals surface area contributed by atoms with Crippen LogP contribution in [0, 0.1) is 0 Å². The fourth-order valence-corrected chi connectivity index (χ4v) is 2.04. The van der Waals surface area contributed by atoms with Gasteiger partial charge in [0.15, 0.2) is 6.04 Å². The van der Waals surface area contributed by atoms with Crippen LogP contribution in [-0.2, 0) is 0 Å². The van der Waals surface area contributed by atoms with Crippen molar-refractivity contribution in [3.8, 4) is 0 Å². The van der Waals surface area contributed by atoms with E-state index in [-0.39, 0.29) is 12.2 Å². The van der Waals surface area contributed by atoms with E-state index in [9.17, 15) is 0 Å². The standard InChI is InChI=1S/C14H22N5/c1-2-3-4-7-10-13-16-18-14(19-17-13)12-9-6-5-8-11-15-12/h6,8-9,11-13,15H,2-5,7,10H2,1H3/q+1. The van der Waals surface area contributed by atoms with Gasteiger partial charge in [-0.1, -0.05) is 49.2 Å². The molecular formula is C14H22N5+. The molecule has 5 nitrogen and oxygen atoms in total. The van der Waals surface area contributed by atoms with Crippen LogP contribution in [0.15, 0.2) is 39.8 Å². The first-order valence-corrected chi connectivity index (χ1v) is 7.16. The number of hydrogen-bond donors (Lipinski definition) is 1. The molecule has 19 heavy (non-hydrogen) atoms. The van der Waals surface area contributed by atoms with Gasteiger partial charge in [-0.05, 0) is 30.6 Å². The van der Waals surface area contributed by atoms with Gasteiger partial charge in [-0.15, -0.1) is 0 Å². The molecule has 0 bridgehead atoms. The monoisotopic (exact) mass is 260 g/mol. The SMILES string of the molecule is CCCCCCC1N=NC(C2C=CCC=CN2)=[N+]=N1. The summed E-state index contributed by atoms with van der Waals surface area (Å²) in [6.45, 7) is 2.21. The molecule has 2 aliphatic heterocycles. The van der Waals surface area contributed by atoms with E-state index in [0.29, 0.717) is 5.84 Å². The van der Waals surface area contributed by atoms with E-state index in [2.05, 4.69) is 50.6 Å². The number of allylic oxidation sites excluding steroid dienone is 2. The summed E-state index contributed by atoms with van der Waals surface area (Å²) in [5.74, 6) is 0.646. The molecule has 2 rings (SSSR count). The van der Waals surface area contributed by atoms with E-state index >= 15 is 0 Å². The van der Waals surface area contributed by atoms with Crippen molar-refractivity contribution in [2.24, 2.45) is 15.3 Å². The quantitative estimate of drug-likeness (QED) is 0.445. The fourth-order valence-electron chi connectivity index (χ4n) is 2.04. The highest BCUT2D eigenvalue weighted by Crippen LogP contribution is 2.11. The van der Waals surface area contributed by atoms with Crippen molar-refractivity contribution >= 4 is 5.84 Å². The maximum atomic E-state index is 4.24. The highest BCUT2D eigenvalue weighted by molar-refractivity contribution is 5.84. The molecule has 2 aliphatic rings. The van der Waals surface area contributed by atoms with Crippen molar-refractivity contribution in [3.63, 3.8) is 0 Å². The van der Waals surface area contributed by atoms with E-state index in [1.807, 2.05) is 6.20 Å². The van der Waals surface area contributed by atoms with Gasteiger partial charge in [0, 0.05) is 5.11 Å². The molecule has 0 saturated heterocycles. The molecular weight excluding hydrogens is 238 g/mol. The Morgan fingerprint density at radius 1 is 1.32 bits per heavy atom. The number of azo groups is 1. The van der Waals surface area contributed by atoms with Crippen LogP contribution >= 0.6 is 0 Å². The van der Waals surface area contributed by atoms with Crippen molar-refractivity contribution in [1.82, 2.24) is 5.32 Å². The van der Waals surface area contributed by atoms with Crippen molar-refractivity contribution in [2.45, 2.75) is 57.7 Å². The molecule has 2 heterocycles. The van der Waals surface area contributed by atoms with Crippen LogP contribution in [0.2, 0.25) is 0 Å². The third-order valence-corrected chi connectivity index (χ3v) is 3.18. The van der Waals surface area contributed by atoms with Crippen LogP contribution in [0.3, 0.4) is 0 Å². The van der Waals surface area contributed by atoms with Gasteiger partial charge in [0.1, 0.15) is 0 Å². The molecule has 0 amide bonds. The zero-order chi connectivity index (χ0) is 13.3. The van der Waals surface area contributed by atoms with Gasteiger partial charge in [0.2, 0.25) is 6.17 Å². The lowest BCUT2D eigenvalue weighted by molar-refractivity contribution is -0.112. The molecule has 0 radical (unpaired) electrons. The molecule has 5 heteroatoms. The first kappa shape index (κ1) is 13.7. The minimum Gasteiger partial charge on any atom is -0.373 e. The average molecular weight is 260 g/mol. The highest BCUT2D eigenvalue weighted by Gasteiger charge is 2.27. The second-order valence-corrected chi connectivity index (χ2v) is 4.83. The molecule has 0 aromatic rings. The molecule has 0 aromatic carbocycles. The lowest BCUT2D eigenvalue weighted by atomic mass is 10.1. The van der Waals surface area contributed by atoms with Gasteiger partial charge in [-0.3, -0.25) is 0 Å². The molecule has 0 spiro atoms. The zero-order valence-electron chi connectivity index (χ0n) is 11.5. The van der Waals surface area contributed by atoms with Crippen LogP contribution in [-0.4, -0.2) is 22.8 Å². The normalized spacial score (nSPS) is 25.0. The third-order valence-electron chi connectivity index (χ3n) is 3.18. The summed E-state index contributed by atoms with van der Waals surface area (Å²) in [6, 6.07) is -0.00714. The molecule has 0 saturated carbocycles. The Kier molecular flexibility index (Phi) is 5.50. The number of amidine groups is 1. The van der Waals surface area contributed by atoms with Crippen LogP contribution in [0.1, 0.15) is 45.4 Å². The minimum absolute atomic E-state index is 0.00714. The van der Waals surface area contributed by atoms with Crippen molar-refractivity contribution in [1.29, 1.82) is 0 Å².